The van der Waals surface area contributed by atoms with E-state index in [1.165, 1.54) is 40.0 Å². The summed E-state index contributed by atoms with van der Waals surface area (Å²) >= 11 is 0. The first kappa shape index (κ1) is 19.0. The van der Waals surface area contributed by atoms with Gasteiger partial charge in [0.2, 0.25) is 0 Å². The van der Waals surface area contributed by atoms with Crippen molar-refractivity contribution in [3.05, 3.63) is 0 Å². The van der Waals surface area contributed by atoms with Gasteiger partial charge in [0.15, 0.2) is 0 Å². The Labute approximate surface area is 149 Å². The molecule has 4 saturated heterocycles. The number of halogens is 3. The van der Waals surface area contributed by atoms with E-state index in [1.807, 2.05) is 0 Å². The van der Waals surface area contributed by atoms with Crippen molar-refractivity contribution in [1.82, 2.24) is 19.6 Å². The Bertz CT molecular complexity index is 117. The van der Waals surface area contributed by atoms with Crippen LogP contribution < -0.4 is 71.9 Å². The molecule has 0 aliphatic carbocycles. The Morgan fingerprint density at radius 3 is 0.714 bits per heavy atom. The van der Waals surface area contributed by atoms with Gasteiger partial charge < -0.3 is 71.9 Å². The number of hydrogen-bond donors (Lipinski definition) is 0. The largest absolute Gasteiger partial charge is 3.00 e. The molecule has 0 spiro atoms. The average molecular weight is 591 g/mol. The predicted octanol–water partition coefficient (Wildman–Crippen LogP) is -10.4. The standard InChI is InChI=1S/C6H12N4.Ga.3HI/c1-7-2-9-4-8(1)5-10(3-7)6-9;;;;/h1-6H2;;3*1H/q;+3;;;/p-3. The topological polar surface area (TPSA) is 13.0 Å². The van der Waals surface area contributed by atoms with Gasteiger partial charge in [0.25, 0.3) is 0 Å². The molecule has 0 aromatic carbocycles. The van der Waals surface area contributed by atoms with Crippen molar-refractivity contribution in [3.63, 3.8) is 0 Å². The van der Waals surface area contributed by atoms with Crippen LogP contribution >= 0.6 is 0 Å². The van der Waals surface area contributed by atoms with Crippen LogP contribution in [0.3, 0.4) is 0 Å². The first-order chi connectivity index (χ1) is 4.90. The average Bonchev–Trinajstić information content (AvgIpc) is 1.82. The van der Waals surface area contributed by atoms with Crippen molar-refractivity contribution >= 4 is 19.8 Å². The van der Waals surface area contributed by atoms with Gasteiger partial charge in [-0.1, -0.05) is 0 Å². The minimum absolute atomic E-state index is 0. The van der Waals surface area contributed by atoms with Gasteiger partial charge in [0.1, 0.15) is 0 Å². The Kier molecular flexibility index (Phi) is 10.7. The van der Waals surface area contributed by atoms with Gasteiger partial charge in [-0.05, 0) is 0 Å². The fourth-order valence-electron chi connectivity index (χ4n) is 2.23. The molecular weight excluding hydrogens is 579 g/mol. The molecule has 4 nitrogen and oxygen atoms in total. The van der Waals surface area contributed by atoms with Crippen LogP contribution in [0.5, 0.6) is 0 Å². The predicted molar refractivity (Wildman–Crippen MR) is 42.3 cm³/mol. The van der Waals surface area contributed by atoms with E-state index in [4.69, 9.17) is 0 Å². The molecule has 4 rings (SSSR count). The number of hydrogen-bond acceptors (Lipinski definition) is 4. The van der Waals surface area contributed by atoms with Crippen LogP contribution in [-0.4, -0.2) is 79.4 Å². The van der Waals surface area contributed by atoms with Gasteiger partial charge in [-0.25, -0.2) is 0 Å². The molecule has 0 saturated carbocycles. The quantitative estimate of drug-likeness (QED) is 0.206. The molecule has 8 heteroatoms. The molecule has 4 fully saturated rings. The van der Waals surface area contributed by atoms with E-state index in [-0.39, 0.29) is 91.7 Å². The number of rotatable bonds is 0. The maximum atomic E-state index is 2.47. The summed E-state index contributed by atoms with van der Waals surface area (Å²) in [5, 5.41) is 0. The molecular formula is C6H12GaI3N4. The van der Waals surface area contributed by atoms with Gasteiger partial charge in [-0.3, -0.25) is 19.6 Å². The molecule has 14 heavy (non-hydrogen) atoms. The monoisotopic (exact) mass is 590 g/mol. The Morgan fingerprint density at radius 1 is 0.429 bits per heavy atom. The Morgan fingerprint density at radius 2 is 0.571 bits per heavy atom. The van der Waals surface area contributed by atoms with E-state index in [1.54, 1.807) is 0 Å². The number of nitrogens with zero attached hydrogens (tertiary/aromatic N) is 4. The van der Waals surface area contributed by atoms with Gasteiger partial charge in [-0.15, -0.1) is 0 Å². The van der Waals surface area contributed by atoms with Crippen LogP contribution in [0, 0.1) is 0 Å². The molecule has 0 atom stereocenters. The summed E-state index contributed by atoms with van der Waals surface area (Å²) in [6, 6.07) is 0. The molecule has 4 aliphatic heterocycles. The minimum Gasteiger partial charge on any atom is -1.00 e. The second-order valence-electron chi connectivity index (χ2n) is 3.53. The van der Waals surface area contributed by atoms with Gasteiger partial charge >= 0.3 is 19.8 Å². The van der Waals surface area contributed by atoms with Gasteiger partial charge in [0, 0.05) is 0 Å². The molecule has 80 valence electrons. The third kappa shape index (κ3) is 3.85. The molecule has 0 amide bonds. The molecule has 0 aromatic rings. The van der Waals surface area contributed by atoms with Crippen molar-refractivity contribution in [3.8, 4) is 0 Å². The van der Waals surface area contributed by atoms with Crippen LogP contribution in [0.15, 0.2) is 0 Å². The third-order valence-corrected chi connectivity index (χ3v) is 2.40. The Hall–Kier alpha value is 2.67. The van der Waals surface area contributed by atoms with Gasteiger partial charge in [0.05, 0.1) is 40.0 Å². The smallest absolute Gasteiger partial charge is 1.00 e. The summed E-state index contributed by atoms with van der Waals surface area (Å²) in [5.74, 6) is 0. The van der Waals surface area contributed by atoms with Crippen LogP contribution in [-0.2, 0) is 0 Å². The maximum absolute atomic E-state index is 2.47. The third-order valence-electron chi connectivity index (χ3n) is 2.40. The second-order valence-corrected chi connectivity index (χ2v) is 3.53. The van der Waals surface area contributed by atoms with Crippen molar-refractivity contribution in [2.45, 2.75) is 0 Å². The molecule has 0 aromatic heterocycles. The fraction of sp³-hybridized carbons (Fsp3) is 1.00. The van der Waals surface area contributed by atoms with E-state index < -0.39 is 0 Å². The van der Waals surface area contributed by atoms with E-state index in [9.17, 15) is 0 Å². The zero-order chi connectivity index (χ0) is 6.55. The molecule has 0 radical (unpaired) electrons. The fourth-order valence-corrected chi connectivity index (χ4v) is 2.23. The minimum atomic E-state index is 0. The molecule has 4 bridgehead atoms. The zero-order valence-electron chi connectivity index (χ0n) is 7.74. The summed E-state index contributed by atoms with van der Waals surface area (Å²) in [4.78, 5) is 9.88. The SMILES string of the molecule is C1N2CN3CN1CN(C2)C3.[Ga+3].[I-].[I-].[I-]. The van der Waals surface area contributed by atoms with Crippen molar-refractivity contribution in [1.29, 1.82) is 0 Å². The normalized spacial score (nSPS) is 41.1. The van der Waals surface area contributed by atoms with Crippen LogP contribution in [0.2, 0.25) is 0 Å². The Balaban J connectivity index is 0. The summed E-state index contributed by atoms with van der Waals surface area (Å²) in [7, 11) is 0. The summed E-state index contributed by atoms with van der Waals surface area (Å²) in [5.41, 5.74) is 0. The van der Waals surface area contributed by atoms with E-state index in [0.717, 1.165) is 0 Å². The van der Waals surface area contributed by atoms with E-state index in [0.29, 0.717) is 0 Å². The first-order valence-corrected chi connectivity index (χ1v) is 3.79. The molecule has 4 heterocycles. The second kappa shape index (κ2) is 7.89. The van der Waals surface area contributed by atoms with E-state index >= 15 is 0 Å². The van der Waals surface area contributed by atoms with E-state index in [2.05, 4.69) is 19.6 Å². The van der Waals surface area contributed by atoms with Gasteiger partial charge in [-0.2, -0.15) is 0 Å². The van der Waals surface area contributed by atoms with Crippen LogP contribution in [0.4, 0.5) is 0 Å². The molecule has 0 N–H and O–H groups in total. The summed E-state index contributed by atoms with van der Waals surface area (Å²) < 4.78 is 0. The summed E-state index contributed by atoms with van der Waals surface area (Å²) in [6.07, 6.45) is 0. The van der Waals surface area contributed by atoms with Crippen molar-refractivity contribution < 1.29 is 71.9 Å². The first-order valence-electron chi connectivity index (χ1n) is 3.79. The van der Waals surface area contributed by atoms with Crippen molar-refractivity contribution in [2.75, 3.05) is 40.0 Å². The van der Waals surface area contributed by atoms with Crippen molar-refractivity contribution in [2.24, 2.45) is 0 Å². The summed E-state index contributed by atoms with van der Waals surface area (Å²) in [6.45, 7) is 7.12. The van der Waals surface area contributed by atoms with Crippen LogP contribution in [0.25, 0.3) is 0 Å². The maximum Gasteiger partial charge on any atom is 3.00 e. The zero-order valence-corrected chi connectivity index (χ0v) is 16.6. The molecule has 0 unspecified atom stereocenters. The van der Waals surface area contributed by atoms with Crippen LogP contribution in [0.1, 0.15) is 0 Å². The molecule has 4 aliphatic rings.